The normalized spacial score (nSPS) is 19.7. The SMILES string of the molecule is C=C(/C(=C1\SC(S)N(CCC(=O)O)C1=O)c1cccc(F)c1)C(F)(F)F. The van der Waals surface area contributed by atoms with Gasteiger partial charge in [-0.2, -0.15) is 13.2 Å². The third kappa shape index (κ3) is 4.42. The fraction of sp³-hybridized carbons (Fsp3) is 0.250. The van der Waals surface area contributed by atoms with Gasteiger partial charge in [-0.3, -0.25) is 9.59 Å². The Hall–Kier alpha value is -1.94. The first-order valence-electron chi connectivity index (χ1n) is 7.16. The average Bonchev–Trinajstić information content (AvgIpc) is 2.79. The predicted molar refractivity (Wildman–Crippen MR) is 92.8 cm³/mol. The Labute approximate surface area is 156 Å². The van der Waals surface area contributed by atoms with Crippen LogP contribution in [0.1, 0.15) is 12.0 Å². The lowest BCUT2D eigenvalue weighted by molar-refractivity contribution is -0.137. The average molecular weight is 407 g/mol. The molecule has 1 heterocycles. The Morgan fingerprint density at radius 3 is 2.58 bits per heavy atom. The topological polar surface area (TPSA) is 57.6 Å². The number of alkyl halides is 3. The quantitative estimate of drug-likeness (QED) is 0.441. The molecule has 1 aliphatic heterocycles. The van der Waals surface area contributed by atoms with E-state index >= 15 is 0 Å². The molecule has 4 nitrogen and oxygen atoms in total. The maximum absolute atomic E-state index is 13.5. The Kier molecular flexibility index (Phi) is 6.07. The molecular weight excluding hydrogens is 394 g/mol. The minimum Gasteiger partial charge on any atom is -0.481 e. The molecule has 0 aliphatic carbocycles. The van der Waals surface area contributed by atoms with Crippen LogP contribution >= 0.6 is 24.4 Å². The number of carboxylic acid groups (broad SMARTS) is 1. The van der Waals surface area contributed by atoms with Crippen molar-refractivity contribution in [3.8, 4) is 0 Å². The number of halogens is 4. The van der Waals surface area contributed by atoms with E-state index < -0.39 is 39.7 Å². The van der Waals surface area contributed by atoms with Gasteiger partial charge in [-0.15, -0.1) is 12.6 Å². The molecule has 0 radical (unpaired) electrons. The van der Waals surface area contributed by atoms with E-state index in [0.29, 0.717) is 0 Å². The van der Waals surface area contributed by atoms with Gasteiger partial charge in [0.2, 0.25) is 0 Å². The monoisotopic (exact) mass is 407 g/mol. The minimum atomic E-state index is -4.84. The molecule has 1 fully saturated rings. The molecule has 1 atom stereocenters. The summed E-state index contributed by atoms with van der Waals surface area (Å²) < 4.78 is 52.4. The van der Waals surface area contributed by atoms with E-state index in [9.17, 15) is 27.2 Å². The molecule has 2 rings (SSSR count). The zero-order chi connectivity index (χ0) is 19.6. The number of allylic oxidation sites excluding steroid dienone is 2. The summed E-state index contributed by atoms with van der Waals surface area (Å²) in [5.74, 6) is -2.73. The second kappa shape index (κ2) is 7.75. The van der Waals surface area contributed by atoms with Crippen molar-refractivity contribution in [3.63, 3.8) is 0 Å². The second-order valence-electron chi connectivity index (χ2n) is 5.28. The van der Waals surface area contributed by atoms with Crippen LogP contribution in [0.25, 0.3) is 5.57 Å². The van der Waals surface area contributed by atoms with Gasteiger partial charge in [-0.1, -0.05) is 30.5 Å². The molecule has 1 amide bonds. The molecule has 0 saturated carbocycles. The van der Waals surface area contributed by atoms with E-state index in [1.807, 2.05) is 0 Å². The van der Waals surface area contributed by atoms with E-state index in [1.165, 1.54) is 12.1 Å². The first-order valence-corrected chi connectivity index (χ1v) is 8.56. The zero-order valence-electron chi connectivity index (χ0n) is 13.1. The van der Waals surface area contributed by atoms with Crippen LogP contribution in [-0.2, 0) is 9.59 Å². The summed E-state index contributed by atoms with van der Waals surface area (Å²) in [6, 6.07) is 4.40. The maximum Gasteiger partial charge on any atom is 0.416 e. The number of carboxylic acids is 1. The van der Waals surface area contributed by atoms with Crippen molar-refractivity contribution in [2.75, 3.05) is 6.54 Å². The van der Waals surface area contributed by atoms with E-state index in [1.54, 1.807) is 0 Å². The second-order valence-corrected chi connectivity index (χ2v) is 7.21. The Morgan fingerprint density at radius 1 is 1.38 bits per heavy atom. The first-order chi connectivity index (χ1) is 12.0. The standard InChI is InChI=1S/C16H13F4NO3S2/c1-8(16(18,19)20)12(9-3-2-4-10(17)7-9)13-14(24)21(15(25)26-13)6-5-11(22)23/h2-4,7,15,25H,1,5-6H2,(H,22,23)/b13-12+. The molecule has 1 aromatic rings. The van der Waals surface area contributed by atoms with Gasteiger partial charge in [0.25, 0.3) is 5.91 Å². The molecule has 1 aromatic carbocycles. The van der Waals surface area contributed by atoms with Gasteiger partial charge < -0.3 is 10.0 Å². The van der Waals surface area contributed by atoms with E-state index in [2.05, 4.69) is 19.2 Å². The van der Waals surface area contributed by atoms with Crippen molar-refractivity contribution in [2.45, 2.75) is 17.3 Å². The number of amides is 1. The van der Waals surface area contributed by atoms with E-state index in [0.717, 1.165) is 28.8 Å². The highest BCUT2D eigenvalue weighted by molar-refractivity contribution is 8.14. The van der Waals surface area contributed by atoms with Gasteiger partial charge in [0.1, 0.15) is 10.5 Å². The van der Waals surface area contributed by atoms with Crippen molar-refractivity contribution in [3.05, 3.63) is 52.7 Å². The van der Waals surface area contributed by atoms with Crippen molar-refractivity contribution < 1.29 is 32.3 Å². The number of carbonyl (C=O) groups excluding carboxylic acids is 1. The molecule has 0 aromatic heterocycles. The van der Waals surface area contributed by atoms with Crippen molar-refractivity contribution in [1.82, 2.24) is 4.90 Å². The van der Waals surface area contributed by atoms with Gasteiger partial charge in [0.05, 0.1) is 16.9 Å². The molecular formula is C16H13F4NO3S2. The maximum atomic E-state index is 13.5. The summed E-state index contributed by atoms with van der Waals surface area (Å²) in [6.07, 6.45) is -5.22. The number of nitrogens with zero attached hydrogens (tertiary/aromatic N) is 1. The Balaban J connectivity index is 2.55. The number of aliphatic carboxylic acids is 1. The third-order valence-corrected chi connectivity index (χ3v) is 5.17. The van der Waals surface area contributed by atoms with Crippen LogP contribution in [-0.4, -0.2) is 39.3 Å². The summed E-state index contributed by atoms with van der Waals surface area (Å²) in [7, 11) is 0. The first kappa shape index (κ1) is 20.4. The van der Waals surface area contributed by atoms with E-state index in [4.69, 9.17) is 5.11 Å². The van der Waals surface area contributed by atoms with Gasteiger partial charge in [0.15, 0.2) is 0 Å². The predicted octanol–water partition coefficient (Wildman–Crippen LogP) is 3.92. The van der Waals surface area contributed by atoms with Crippen molar-refractivity contribution >= 4 is 41.8 Å². The van der Waals surface area contributed by atoms with Gasteiger partial charge >= 0.3 is 12.1 Å². The van der Waals surface area contributed by atoms with Crippen LogP contribution in [0, 0.1) is 5.82 Å². The Bertz CT molecular complexity index is 792. The number of carbonyl (C=O) groups is 2. The van der Waals surface area contributed by atoms with E-state index in [-0.39, 0.29) is 23.4 Å². The number of thioether (sulfide) groups is 1. The van der Waals surface area contributed by atoms with Crippen LogP contribution in [0.15, 0.2) is 41.3 Å². The summed E-state index contributed by atoms with van der Waals surface area (Å²) >= 11 is 4.86. The van der Waals surface area contributed by atoms with Crippen LogP contribution < -0.4 is 0 Å². The van der Waals surface area contributed by atoms with Crippen LogP contribution in [0.5, 0.6) is 0 Å². The molecule has 1 N–H and O–H groups in total. The molecule has 0 bridgehead atoms. The minimum absolute atomic E-state index is 0.149. The van der Waals surface area contributed by atoms with Crippen LogP contribution in [0.3, 0.4) is 0 Å². The molecule has 0 spiro atoms. The summed E-state index contributed by atoms with van der Waals surface area (Å²) in [4.78, 5) is 24.0. The lowest BCUT2D eigenvalue weighted by Crippen LogP contribution is -2.32. The molecule has 10 heteroatoms. The fourth-order valence-corrected chi connectivity index (χ4v) is 3.92. The lowest BCUT2D eigenvalue weighted by atomic mass is 9.97. The highest BCUT2D eigenvalue weighted by atomic mass is 32.2. The molecule has 140 valence electrons. The zero-order valence-corrected chi connectivity index (χ0v) is 14.8. The number of thiol groups is 1. The number of rotatable bonds is 5. The van der Waals surface area contributed by atoms with Crippen LogP contribution in [0.4, 0.5) is 17.6 Å². The third-order valence-electron chi connectivity index (χ3n) is 3.50. The highest BCUT2D eigenvalue weighted by Crippen LogP contribution is 2.46. The Morgan fingerprint density at radius 2 is 2.04 bits per heavy atom. The molecule has 1 aliphatic rings. The number of hydrogen-bond acceptors (Lipinski definition) is 4. The largest absolute Gasteiger partial charge is 0.481 e. The van der Waals surface area contributed by atoms with Crippen molar-refractivity contribution in [1.29, 1.82) is 0 Å². The van der Waals surface area contributed by atoms with Crippen LogP contribution in [0.2, 0.25) is 0 Å². The molecule has 1 unspecified atom stereocenters. The number of hydrogen-bond donors (Lipinski definition) is 2. The van der Waals surface area contributed by atoms with Gasteiger partial charge in [-0.05, 0) is 17.7 Å². The molecule has 1 saturated heterocycles. The summed E-state index contributed by atoms with van der Waals surface area (Å²) in [5.41, 5.74) is -1.98. The van der Waals surface area contributed by atoms with Gasteiger partial charge in [-0.25, -0.2) is 4.39 Å². The summed E-state index contributed by atoms with van der Waals surface area (Å²) in [5, 5.41) is 8.74. The van der Waals surface area contributed by atoms with Gasteiger partial charge in [0, 0.05) is 12.1 Å². The smallest absolute Gasteiger partial charge is 0.416 e. The van der Waals surface area contributed by atoms with Crippen molar-refractivity contribution in [2.24, 2.45) is 0 Å². The number of benzene rings is 1. The lowest BCUT2D eigenvalue weighted by Gasteiger charge is -2.18. The fourth-order valence-electron chi connectivity index (χ4n) is 2.27. The highest BCUT2D eigenvalue weighted by Gasteiger charge is 2.42. The molecule has 26 heavy (non-hydrogen) atoms. The summed E-state index contributed by atoms with van der Waals surface area (Å²) in [6.45, 7) is 2.81.